The van der Waals surface area contributed by atoms with E-state index in [1.54, 1.807) is 0 Å². The van der Waals surface area contributed by atoms with Crippen LogP contribution in [0.3, 0.4) is 0 Å². The van der Waals surface area contributed by atoms with Gasteiger partial charge in [-0.1, -0.05) is 31.2 Å². The molecule has 0 aromatic heterocycles. The number of nitrogens with zero attached hydrogens (tertiary/aromatic N) is 1. The quantitative estimate of drug-likeness (QED) is 0.898. The predicted molar refractivity (Wildman–Crippen MR) is 86.7 cm³/mol. The average Bonchev–Trinajstić information content (AvgIpc) is 2.65. The SMILES string of the molecule is CC1CC(C)N(Cc2cccc(CNC(C)(C)C)c2)C1. The summed E-state index contributed by atoms with van der Waals surface area (Å²) < 4.78 is 0. The van der Waals surface area contributed by atoms with Crippen LogP contribution in [0.4, 0.5) is 0 Å². The summed E-state index contributed by atoms with van der Waals surface area (Å²) in [6, 6.07) is 9.75. The van der Waals surface area contributed by atoms with Crippen molar-refractivity contribution in [3.8, 4) is 0 Å². The van der Waals surface area contributed by atoms with Gasteiger partial charge < -0.3 is 5.32 Å². The summed E-state index contributed by atoms with van der Waals surface area (Å²) in [5, 5.41) is 3.56. The van der Waals surface area contributed by atoms with Gasteiger partial charge in [-0.05, 0) is 51.2 Å². The van der Waals surface area contributed by atoms with Gasteiger partial charge in [0.1, 0.15) is 0 Å². The van der Waals surface area contributed by atoms with Crippen LogP contribution in [0.5, 0.6) is 0 Å². The summed E-state index contributed by atoms with van der Waals surface area (Å²) in [6.07, 6.45) is 1.34. The van der Waals surface area contributed by atoms with Crippen LogP contribution in [0.25, 0.3) is 0 Å². The zero-order valence-electron chi connectivity index (χ0n) is 13.7. The van der Waals surface area contributed by atoms with E-state index in [2.05, 4.69) is 69.1 Å². The fourth-order valence-electron chi connectivity index (χ4n) is 3.05. The second kappa shape index (κ2) is 6.28. The van der Waals surface area contributed by atoms with Crippen molar-refractivity contribution < 1.29 is 0 Å². The van der Waals surface area contributed by atoms with Crippen molar-refractivity contribution in [3.63, 3.8) is 0 Å². The first-order chi connectivity index (χ1) is 9.33. The number of rotatable bonds is 4. The molecule has 1 aromatic carbocycles. The molecule has 0 aliphatic carbocycles. The van der Waals surface area contributed by atoms with Gasteiger partial charge in [0.15, 0.2) is 0 Å². The van der Waals surface area contributed by atoms with Crippen molar-refractivity contribution in [2.75, 3.05) is 6.54 Å². The summed E-state index contributed by atoms with van der Waals surface area (Å²) in [4.78, 5) is 2.61. The number of hydrogen-bond acceptors (Lipinski definition) is 2. The lowest BCUT2D eigenvalue weighted by molar-refractivity contribution is 0.256. The highest BCUT2D eigenvalue weighted by atomic mass is 15.2. The van der Waals surface area contributed by atoms with Gasteiger partial charge in [0, 0.05) is 31.2 Å². The molecule has 0 amide bonds. The lowest BCUT2D eigenvalue weighted by Crippen LogP contribution is -2.35. The molecule has 2 nitrogen and oxygen atoms in total. The number of likely N-dealkylation sites (tertiary alicyclic amines) is 1. The van der Waals surface area contributed by atoms with E-state index in [9.17, 15) is 0 Å². The molecule has 1 fully saturated rings. The fraction of sp³-hybridized carbons (Fsp3) is 0.667. The van der Waals surface area contributed by atoms with Gasteiger partial charge in [-0.2, -0.15) is 0 Å². The molecule has 112 valence electrons. The van der Waals surface area contributed by atoms with Gasteiger partial charge in [-0.3, -0.25) is 4.90 Å². The first-order valence-electron chi connectivity index (χ1n) is 7.90. The minimum atomic E-state index is 0.175. The lowest BCUT2D eigenvalue weighted by Gasteiger charge is -2.22. The summed E-state index contributed by atoms with van der Waals surface area (Å²) >= 11 is 0. The molecule has 0 saturated carbocycles. The highest BCUT2D eigenvalue weighted by molar-refractivity contribution is 5.23. The van der Waals surface area contributed by atoms with Crippen LogP contribution in [0.2, 0.25) is 0 Å². The molecule has 1 aromatic rings. The van der Waals surface area contributed by atoms with Gasteiger partial charge in [-0.15, -0.1) is 0 Å². The maximum absolute atomic E-state index is 3.56. The minimum absolute atomic E-state index is 0.175. The van der Waals surface area contributed by atoms with Gasteiger partial charge in [0.2, 0.25) is 0 Å². The van der Waals surface area contributed by atoms with E-state index in [4.69, 9.17) is 0 Å². The van der Waals surface area contributed by atoms with Crippen molar-refractivity contribution in [1.29, 1.82) is 0 Å². The maximum atomic E-state index is 3.56. The highest BCUT2D eigenvalue weighted by Crippen LogP contribution is 2.24. The van der Waals surface area contributed by atoms with Crippen LogP contribution < -0.4 is 5.32 Å². The Labute approximate surface area is 124 Å². The zero-order chi connectivity index (χ0) is 14.8. The topological polar surface area (TPSA) is 15.3 Å². The Morgan fingerprint density at radius 3 is 2.50 bits per heavy atom. The molecule has 2 rings (SSSR count). The summed E-state index contributed by atoms with van der Waals surface area (Å²) in [6.45, 7) is 14.6. The predicted octanol–water partition coefficient (Wildman–Crippen LogP) is 3.81. The zero-order valence-corrected chi connectivity index (χ0v) is 13.7. The first kappa shape index (κ1) is 15.5. The third-order valence-corrected chi connectivity index (χ3v) is 4.11. The summed E-state index contributed by atoms with van der Waals surface area (Å²) in [7, 11) is 0. The maximum Gasteiger partial charge on any atom is 0.0236 e. The molecule has 2 heteroatoms. The Balaban J connectivity index is 1.96. The van der Waals surface area contributed by atoms with Gasteiger partial charge in [-0.25, -0.2) is 0 Å². The van der Waals surface area contributed by atoms with E-state index in [1.165, 1.54) is 24.1 Å². The molecule has 1 aliphatic rings. The third kappa shape index (κ3) is 4.60. The molecule has 0 radical (unpaired) electrons. The van der Waals surface area contributed by atoms with Crippen LogP contribution in [0.15, 0.2) is 24.3 Å². The van der Waals surface area contributed by atoms with Crippen LogP contribution >= 0.6 is 0 Å². The standard InChI is InChI=1S/C18H30N2/c1-14-9-15(2)20(12-14)13-17-8-6-7-16(10-17)11-19-18(3,4)5/h6-8,10,14-15,19H,9,11-13H2,1-5H3. The van der Waals surface area contributed by atoms with Crippen LogP contribution in [0.1, 0.15) is 52.2 Å². The number of benzene rings is 1. The molecule has 1 aliphatic heterocycles. The highest BCUT2D eigenvalue weighted by Gasteiger charge is 2.25. The summed E-state index contributed by atoms with van der Waals surface area (Å²) in [5.41, 5.74) is 3.01. The second-order valence-electron chi connectivity index (χ2n) is 7.54. The van der Waals surface area contributed by atoms with E-state index >= 15 is 0 Å². The molecule has 0 bridgehead atoms. The molecule has 0 spiro atoms. The fourth-order valence-corrected chi connectivity index (χ4v) is 3.05. The van der Waals surface area contributed by atoms with Gasteiger partial charge in [0.25, 0.3) is 0 Å². The van der Waals surface area contributed by atoms with Gasteiger partial charge >= 0.3 is 0 Å². The first-order valence-corrected chi connectivity index (χ1v) is 7.90. The Hall–Kier alpha value is -0.860. The van der Waals surface area contributed by atoms with Gasteiger partial charge in [0.05, 0.1) is 0 Å². The molecular weight excluding hydrogens is 244 g/mol. The van der Waals surface area contributed by atoms with Crippen molar-refractivity contribution in [2.24, 2.45) is 5.92 Å². The summed E-state index contributed by atoms with van der Waals surface area (Å²) in [5.74, 6) is 0.843. The molecule has 20 heavy (non-hydrogen) atoms. The van der Waals surface area contributed by atoms with E-state index in [-0.39, 0.29) is 5.54 Å². The van der Waals surface area contributed by atoms with Crippen LogP contribution in [-0.2, 0) is 13.1 Å². The Morgan fingerprint density at radius 1 is 1.20 bits per heavy atom. The van der Waals surface area contributed by atoms with E-state index < -0.39 is 0 Å². The Bertz CT molecular complexity index is 433. The average molecular weight is 274 g/mol. The molecular formula is C18H30N2. The van der Waals surface area contributed by atoms with Crippen LogP contribution in [-0.4, -0.2) is 23.0 Å². The second-order valence-corrected chi connectivity index (χ2v) is 7.54. The Morgan fingerprint density at radius 2 is 1.90 bits per heavy atom. The lowest BCUT2D eigenvalue weighted by atomic mass is 10.1. The number of nitrogens with one attached hydrogen (secondary N) is 1. The van der Waals surface area contributed by atoms with Crippen molar-refractivity contribution in [1.82, 2.24) is 10.2 Å². The van der Waals surface area contributed by atoms with E-state index in [0.29, 0.717) is 0 Å². The molecule has 2 atom stereocenters. The van der Waals surface area contributed by atoms with Crippen molar-refractivity contribution >= 4 is 0 Å². The van der Waals surface area contributed by atoms with Crippen LogP contribution in [0, 0.1) is 5.92 Å². The third-order valence-electron chi connectivity index (χ3n) is 4.11. The molecule has 1 N–H and O–H groups in total. The Kier molecular flexibility index (Phi) is 4.87. The minimum Gasteiger partial charge on any atom is -0.308 e. The molecule has 2 unspecified atom stereocenters. The van der Waals surface area contributed by atoms with Crippen molar-refractivity contribution in [2.45, 2.75) is 65.7 Å². The molecule has 1 saturated heterocycles. The largest absolute Gasteiger partial charge is 0.308 e. The monoisotopic (exact) mass is 274 g/mol. The molecule has 1 heterocycles. The van der Waals surface area contributed by atoms with Crippen molar-refractivity contribution in [3.05, 3.63) is 35.4 Å². The number of hydrogen-bond donors (Lipinski definition) is 1. The smallest absolute Gasteiger partial charge is 0.0236 e. The van der Waals surface area contributed by atoms with E-state index in [0.717, 1.165) is 25.0 Å². The van der Waals surface area contributed by atoms with E-state index in [1.807, 2.05) is 0 Å². The normalized spacial score (nSPS) is 24.2.